The highest BCUT2D eigenvalue weighted by Gasteiger charge is 2.35. The summed E-state index contributed by atoms with van der Waals surface area (Å²) in [5.74, 6) is 0. The van der Waals surface area contributed by atoms with Gasteiger partial charge >= 0.3 is 5.69 Å². The quantitative estimate of drug-likeness (QED) is 0.750. The van der Waals surface area contributed by atoms with Gasteiger partial charge < -0.3 is 14.9 Å². The lowest BCUT2D eigenvalue weighted by molar-refractivity contribution is -0.0459. The van der Waals surface area contributed by atoms with E-state index in [2.05, 4.69) is 4.98 Å². The van der Waals surface area contributed by atoms with Crippen LogP contribution in [0.5, 0.6) is 0 Å². The number of H-pyrrole nitrogens is 1. The molecule has 0 spiro atoms. The number of aliphatic hydroxyl groups excluding tert-OH is 2. The molecule has 1 aromatic carbocycles. The Balaban J connectivity index is 1.91. The molecule has 2 heterocycles. The minimum atomic E-state index is -0.859. The monoisotopic (exact) mass is 330 g/mol. The average molecular weight is 330 g/mol. The first-order valence-electron chi connectivity index (χ1n) is 7.61. The van der Waals surface area contributed by atoms with Crippen LogP contribution in [0.2, 0.25) is 0 Å². The van der Waals surface area contributed by atoms with Gasteiger partial charge in [-0.3, -0.25) is 14.3 Å². The van der Waals surface area contributed by atoms with Crippen molar-refractivity contribution in [1.29, 1.82) is 0 Å². The molecule has 1 aliphatic rings. The molecule has 7 heteroatoms. The third kappa shape index (κ3) is 3.38. The minimum Gasteiger partial charge on any atom is -0.394 e. The maximum Gasteiger partial charge on any atom is 0.330 e. The third-order valence-corrected chi connectivity index (χ3v) is 3.94. The van der Waals surface area contributed by atoms with Gasteiger partial charge in [0.15, 0.2) is 0 Å². The van der Waals surface area contributed by atoms with E-state index in [4.69, 9.17) is 9.84 Å². The third-order valence-electron chi connectivity index (χ3n) is 3.94. The van der Waals surface area contributed by atoms with Crippen LogP contribution >= 0.6 is 0 Å². The molecule has 126 valence electrons. The molecule has 0 bridgehead atoms. The first-order valence-corrected chi connectivity index (χ1v) is 7.61. The number of aliphatic hydroxyl groups is 2. The van der Waals surface area contributed by atoms with Crippen LogP contribution in [-0.4, -0.2) is 38.6 Å². The Labute approximate surface area is 137 Å². The zero-order valence-corrected chi connectivity index (χ0v) is 12.8. The number of benzene rings is 1. The lowest BCUT2D eigenvalue weighted by Crippen LogP contribution is -2.33. The molecule has 1 aromatic heterocycles. The van der Waals surface area contributed by atoms with Gasteiger partial charge in [-0.25, -0.2) is 4.79 Å². The zero-order chi connectivity index (χ0) is 17.1. The van der Waals surface area contributed by atoms with E-state index in [0.29, 0.717) is 5.56 Å². The van der Waals surface area contributed by atoms with Gasteiger partial charge in [0.25, 0.3) is 5.56 Å². The fourth-order valence-corrected chi connectivity index (χ4v) is 2.63. The van der Waals surface area contributed by atoms with Gasteiger partial charge in [0.2, 0.25) is 0 Å². The average Bonchev–Trinajstić information content (AvgIpc) is 2.95. The topological polar surface area (TPSA) is 105 Å². The molecule has 1 saturated heterocycles. The van der Waals surface area contributed by atoms with Crippen LogP contribution in [0.3, 0.4) is 0 Å². The first kappa shape index (κ1) is 16.4. The Hall–Kier alpha value is -2.48. The predicted octanol–water partition coefficient (Wildman–Crippen LogP) is 0.348. The molecule has 24 heavy (non-hydrogen) atoms. The van der Waals surface area contributed by atoms with Crippen LogP contribution in [0.1, 0.15) is 23.8 Å². The number of nitrogens with zero attached hydrogens (tertiary/aromatic N) is 1. The summed E-state index contributed by atoms with van der Waals surface area (Å²) < 4.78 is 6.69. The van der Waals surface area contributed by atoms with E-state index in [0.717, 1.165) is 5.56 Å². The molecule has 0 amide bonds. The minimum absolute atomic E-state index is 0.166. The number of aromatic nitrogens is 2. The van der Waals surface area contributed by atoms with Crippen molar-refractivity contribution in [3.63, 3.8) is 0 Å². The van der Waals surface area contributed by atoms with E-state index in [9.17, 15) is 14.7 Å². The SMILES string of the molecule is O=c1[nH]c(=O)n([C@H]2C[C@@H](O)[C@@H](CO)O2)cc1/C=C/c1ccccc1. The van der Waals surface area contributed by atoms with E-state index in [-0.39, 0.29) is 13.0 Å². The molecule has 0 saturated carbocycles. The molecule has 1 aliphatic heterocycles. The molecule has 3 N–H and O–H groups in total. The summed E-state index contributed by atoms with van der Waals surface area (Å²) in [6, 6.07) is 9.44. The molecule has 0 unspecified atom stereocenters. The molecule has 0 radical (unpaired) electrons. The van der Waals surface area contributed by atoms with Gasteiger partial charge in [0.1, 0.15) is 12.3 Å². The second-order valence-electron chi connectivity index (χ2n) is 5.61. The predicted molar refractivity (Wildman–Crippen MR) is 88.3 cm³/mol. The van der Waals surface area contributed by atoms with Gasteiger partial charge in [0.05, 0.1) is 18.3 Å². The molecule has 2 aromatic rings. The highest BCUT2D eigenvalue weighted by Crippen LogP contribution is 2.27. The number of hydrogen-bond donors (Lipinski definition) is 3. The van der Waals surface area contributed by atoms with Crippen molar-refractivity contribution >= 4 is 12.2 Å². The second kappa shape index (κ2) is 6.96. The molecule has 7 nitrogen and oxygen atoms in total. The van der Waals surface area contributed by atoms with Crippen LogP contribution in [-0.2, 0) is 4.74 Å². The van der Waals surface area contributed by atoms with Gasteiger partial charge in [-0.05, 0) is 11.6 Å². The maximum absolute atomic E-state index is 12.0. The summed E-state index contributed by atoms with van der Waals surface area (Å²) in [6.07, 6.45) is 2.61. The number of rotatable bonds is 4. The molecular formula is C17H18N2O5. The summed E-state index contributed by atoms with van der Waals surface area (Å²) in [7, 11) is 0. The van der Waals surface area contributed by atoms with Gasteiger partial charge in [-0.1, -0.05) is 36.4 Å². The Bertz CT molecular complexity index is 840. The van der Waals surface area contributed by atoms with E-state index < -0.39 is 29.7 Å². The maximum atomic E-state index is 12.0. The molecule has 0 aliphatic carbocycles. The summed E-state index contributed by atoms with van der Waals surface area (Å²) in [4.78, 5) is 26.2. The highest BCUT2D eigenvalue weighted by atomic mass is 16.5. The summed E-state index contributed by atoms with van der Waals surface area (Å²) >= 11 is 0. The van der Waals surface area contributed by atoms with E-state index in [1.165, 1.54) is 10.8 Å². The van der Waals surface area contributed by atoms with Crippen LogP contribution in [0.25, 0.3) is 12.2 Å². The van der Waals surface area contributed by atoms with Crippen molar-refractivity contribution in [2.45, 2.75) is 24.9 Å². The number of nitrogens with one attached hydrogen (secondary N) is 1. The fourth-order valence-electron chi connectivity index (χ4n) is 2.63. The number of aromatic amines is 1. The van der Waals surface area contributed by atoms with Crippen molar-refractivity contribution in [3.05, 3.63) is 68.5 Å². The lowest BCUT2D eigenvalue weighted by Gasteiger charge is -2.14. The van der Waals surface area contributed by atoms with Gasteiger partial charge in [-0.15, -0.1) is 0 Å². The van der Waals surface area contributed by atoms with Gasteiger partial charge in [-0.2, -0.15) is 0 Å². The summed E-state index contributed by atoms with van der Waals surface area (Å²) in [5.41, 5.74) is 0.0971. The first-order chi connectivity index (χ1) is 11.6. The Kier molecular flexibility index (Phi) is 4.75. The van der Waals surface area contributed by atoms with Crippen LogP contribution in [0.4, 0.5) is 0 Å². The summed E-state index contributed by atoms with van der Waals surface area (Å²) in [6.45, 7) is -0.337. The molecular weight excluding hydrogens is 312 g/mol. The smallest absolute Gasteiger partial charge is 0.330 e. The van der Waals surface area contributed by atoms with E-state index >= 15 is 0 Å². The van der Waals surface area contributed by atoms with Crippen molar-refractivity contribution < 1.29 is 14.9 Å². The standard InChI is InChI=1S/C17H18N2O5/c20-10-14-13(21)8-15(24-14)19-9-12(16(22)18-17(19)23)7-6-11-4-2-1-3-5-11/h1-7,9,13-15,20-21H,8,10H2,(H,18,22,23)/b7-6+/t13-,14-,15-/m1/s1. The molecule has 3 rings (SSSR count). The number of hydrogen-bond acceptors (Lipinski definition) is 5. The van der Waals surface area contributed by atoms with E-state index in [1.807, 2.05) is 30.3 Å². The number of ether oxygens (including phenoxy) is 1. The van der Waals surface area contributed by atoms with Crippen molar-refractivity contribution in [3.8, 4) is 0 Å². The van der Waals surface area contributed by atoms with Crippen molar-refractivity contribution in [2.24, 2.45) is 0 Å². The molecule has 1 fully saturated rings. The fraction of sp³-hybridized carbons (Fsp3) is 0.294. The summed E-state index contributed by atoms with van der Waals surface area (Å²) in [5, 5.41) is 18.9. The Morgan fingerprint density at radius 2 is 2.00 bits per heavy atom. The Morgan fingerprint density at radius 3 is 2.67 bits per heavy atom. The van der Waals surface area contributed by atoms with Crippen molar-refractivity contribution in [2.75, 3.05) is 6.61 Å². The Morgan fingerprint density at radius 1 is 1.25 bits per heavy atom. The normalized spacial score (nSPS) is 23.8. The van der Waals surface area contributed by atoms with Crippen LogP contribution in [0, 0.1) is 0 Å². The lowest BCUT2D eigenvalue weighted by atomic mass is 10.2. The van der Waals surface area contributed by atoms with Gasteiger partial charge in [0, 0.05) is 12.6 Å². The zero-order valence-electron chi connectivity index (χ0n) is 12.8. The molecule has 3 atom stereocenters. The van der Waals surface area contributed by atoms with Crippen LogP contribution < -0.4 is 11.2 Å². The highest BCUT2D eigenvalue weighted by molar-refractivity contribution is 5.68. The largest absolute Gasteiger partial charge is 0.394 e. The second-order valence-corrected chi connectivity index (χ2v) is 5.61. The van der Waals surface area contributed by atoms with Crippen molar-refractivity contribution in [1.82, 2.24) is 9.55 Å². The van der Waals surface area contributed by atoms with Crippen LogP contribution in [0.15, 0.2) is 46.1 Å². The van der Waals surface area contributed by atoms with E-state index in [1.54, 1.807) is 12.2 Å².